The molecule has 11 heteroatoms. The van der Waals surface area contributed by atoms with E-state index in [1.807, 2.05) is 0 Å². The molecule has 0 saturated heterocycles. The maximum absolute atomic E-state index is 14.9. The summed E-state index contributed by atoms with van der Waals surface area (Å²) in [5, 5.41) is -1.04. The predicted octanol–water partition coefficient (Wildman–Crippen LogP) is 7.47. The summed E-state index contributed by atoms with van der Waals surface area (Å²) >= 11 is -0.240. The van der Waals surface area contributed by atoms with Crippen molar-refractivity contribution < 1.29 is 51.1 Å². The number of thioether (sulfide) groups is 1. The summed E-state index contributed by atoms with van der Waals surface area (Å²) in [6, 6.07) is -16.4. The van der Waals surface area contributed by atoms with Gasteiger partial charge in [-0.2, -0.15) is 18.2 Å². The van der Waals surface area contributed by atoms with Crippen molar-refractivity contribution in [2.75, 3.05) is 26.2 Å². The quantitative estimate of drug-likeness (QED) is 0.0823. The Hall–Kier alpha value is -3.96. The standard InChI is InChI=1S/C37H40F4N4O2S/c1-4-43(5-2)18-19-44(22-26-6-10-28(11-7-26)29-12-14-30(15-13-29)37(39,40)41)34(46)23-45-33-21-25(3)20-32(33)35(47)42-36(45)48-24-27-8-16-31(38)17-9-27/h6-17,25H,4-5,18-24H2,1-3H3/i6D,7D,8D,9D,10D,11D,12D,13D,14D,15D,16D,17D,20D2,21D2,22D2,24D2,25D. The molecule has 4 aromatic rings. The van der Waals surface area contributed by atoms with Crippen molar-refractivity contribution in [1.82, 2.24) is 19.4 Å². The van der Waals surface area contributed by atoms with Gasteiger partial charge < -0.3 is 14.4 Å². The summed E-state index contributed by atoms with van der Waals surface area (Å²) in [5.41, 5.74) is -13.6. The molecule has 0 radical (unpaired) electrons. The molecule has 0 N–H and O–H groups in total. The zero-order valence-electron chi connectivity index (χ0n) is 46.6. The molecule has 0 aliphatic heterocycles. The van der Waals surface area contributed by atoms with E-state index in [1.54, 1.807) is 18.7 Å². The van der Waals surface area contributed by atoms with Crippen LogP contribution in [0.1, 0.15) is 77.5 Å². The van der Waals surface area contributed by atoms with Gasteiger partial charge in [-0.15, -0.1) is 0 Å². The van der Waals surface area contributed by atoms with Crippen molar-refractivity contribution in [1.29, 1.82) is 0 Å². The van der Waals surface area contributed by atoms with Gasteiger partial charge in [-0.05, 0) is 78.2 Å². The van der Waals surface area contributed by atoms with Crippen LogP contribution in [0.15, 0.2) is 82.5 Å². The van der Waals surface area contributed by atoms with E-state index in [1.165, 1.54) is 0 Å². The summed E-state index contributed by atoms with van der Waals surface area (Å²) in [6.07, 6.45) is -11.9. The van der Waals surface area contributed by atoms with Crippen molar-refractivity contribution in [2.24, 2.45) is 5.89 Å². The molecule has 1 amide bonds. The maximum Gasteiger partial charge on any atom is 0.416 e. The minimum Gasteiger partial charge on any atom is -0.336 e. The Kier molecular flexibility index (Phi) is 5.53. The highest BCUT2D eigenvalue weighted by Crippen LogP contribution is 2.32. The van der Waals surface area contributed by atoms with E-state index < -0.39 is 184 Å². The van der Waals surface area contributed by atoms with Crippen LogP contribution in [0.3, 0.4) is 0 Å². The fraction of sp³-hybridized carbons (Fsp3) is 0.378. The molecule has 48 heavy (non-hydrogen) atoms. The summed E-state index contributed by atoms with van der Waals surface area (Å²) in [5.74, 6) is -6.08. The third kappa shape index (κ3) is 8.73. The first kappa shape index (κ1) is 17.1. The number of nitrogens with zero attached hydrogens (tertiary/aromatic N) is 4. The number of hydrogen-bond donors (Lipinski definition) is 0. The average Bonchev–Trinajstić information content (AvgIpc) is 3.34. The first-order valence-corrected chi connectivity index (χ1v) is 15.1. The van der Waals surface area contributed by atoms with E-state index in [0.29, 0.717) is 9.47 Å². The van der Waals surface area contributed by atoms with Crippen LogP contribution in [0.5, 0.6) is 0 Å². The smallest absolute Gasteiger partial charge is 0.336 e. The molecular weight excluding hydrogens is 640 g/mol. The average molecular weight is 702 g/mol. The van der Waals surface area contributed by atoms with Crippen LogP contribution in [0.25, 0.3) is 11.1 Å². The lowest BCUT2D eigenvalue weighted by Gasteiger charge is -2.28. The lowest BCUT2D eigenvalue weighted by molar-refractivity contribution is -0.137. The third-order valence-electron chi connectivity index (χ3n) is 6.76. The first-order valence-electron chi connectivity index (χ1n) is 24.8. The topological polar surface area (TPSA) is 58.4 Å². The second kappa shape index (κ2) is 15.5. The highest BCUT2D eigenvalue weighted by molar-refractivity contribution is 7.98. The second-order valence-corrected chi connectivity index (χ2v) is 10.7. The summed E-state index contributed by atoms with van der Waals surface area (Å²) in [4.78, 5) is 34.4. The monoisotopic (exact) mass is 701 g/mol. The SMILES string of the molecule is [2H]c1c([2H])c(C([2H])([2H])Sc2nc(=O)c3c(n2CC(=O)N(CCN(CC)CC)C([2H])([2H])c2c([2H])c([2H])c(-c4c([2H])c([2H])c(C(F)(F)F)c([2H])c4[2H])c([2H])c2[2H])C([2H])([2H])C([2H])(C)C3([2H])[2H])c([2H])c([2H])c1F. The van der Waals surface area contributed by atoms with Crippen molar-refractivity contribution >= 4 is 17.7 Å². The lowest BCUT2D eigenvalue weighted by Crippen LogP contribution is -2.40. The van der Waals surface area contributed by atoms with E-state index in [2.05, 4.69) is 4.98 Å². The molecule has 0 bridgehead atoms. The third-order valence-corrected chi connectivity index (χ3v) is 7.57. The number of amides is 1. The van der Waals surface area contributed by atoms with Crippen molar-refractivity contribution in [3.63, 3.8) is 0 Å². The number of fused-ring (bicyclic) bond motifs is 1. The number of benzene rings is 3. The van der Waals surface area contributed by atoms with Crippen LogP contribution in [0, 0.1) is 11.7 Å². The van der Waals surface area contributed by atoms with E-state index >= 15 is 0 Å². The Bertz CT molecular complexity index is 2770. The molecular formula is C37H40F4N4O2S. The van der Waals surface area contributed by atoms with Gasteiger partial charge in [-0.25, -0.2) is 4.39 Å². The predicted molar refractivity (Wildman–Crippen MR) is 181 cm³/mol. The summed E-state index contributed by atoms with van der Waals surface area (Å²) in [7, 11) is 0. The van der Waals surface area contributed by atoms with Gasteiger partial charge in [0.2, 0.25) is 5.91 Å². The molecule has 1 unspecified atom stereocenters. The number of alkyl halides is 3. The van der Waals surface area contributed by atoms with Gasteiger partial charge in [0.05, 0.1) is 24.8 Å². The number of carbonyl (C=O) groups excluding carboxylic acids is 1. The van der Waals surface area contributed by atoms with Crippen LogP contribution in [0.4, 0.5) is 17.6 Å². The Morgan fingerprint density at radius 2 is 1.60 bits per heavy atom. The normalized spacial score (nSPS) is 24.9. The number of hydrogen-bond acceptors (Lipinski definition) is 5. The Labute approximate surface area is 312 Å². The van der Waals surface area contributed by atoms with Gasteiger partial charge in [0.15, 0.2) is 5.16 Å². The van der Waals surface area contributed by atoms with E-state index in [4.69, 9.17) is 26.0 Å². The zero-order chi connectivity index (χ0) is 53.0. The maximum atomic E-state index is 14.9. The number of carbonyl (C=O) groups is 1. The number of likely N-dealkylation sites (N-methyl/N-ethyl adjacent to an activating group) is 1. The Morgan fingerprint density at radius 1 is 1.00 bits per heavy atom. The molecule has 3 aromatic carbocycles. The van der Waals surface area contributed by atoms with Gasteiger partial charge >= 0.3 is 6.18 Å². The van der Waals surface area contributed by atoms with Gasteiger partial charge in [0.1, 0.15) is 12.4 Å². The van der Waals surface area contributed by atoms with Crippen molar-refractivity contribution in [3.05, 3.63) is 117 Å². The molecule has 1 heterocycles. The van der Waals surface area contributed by atoms with E-state index in [9.17, 15) is 29.9 Å². The second-order valence-electron chi connectivity index (χ2n) is 9.96. The highest BCUT2D eigenvalue weighted by Gasteiger charge is 2.30. The van der Waals surface area contributed by atoms with Gasteiger partial charge in [-0.3, -0.25) is 9.59 Å². The Morgan fingerprint density at radius 3 is 2.21 bits per heavy atom. The lowest BCUT2D eigenvalue weighted by atomic mass is 10.0. The number of aromatic nitrogens is 2. The molecule has 0 spiro atoms. The molecule has 6 nitrogen and oxygen atoms in total. The Balaban J connectivity index is 1.80. The van der Waals surface area contributed by atoms with Gasteiger partial charge in [0.25, 0.3) is 5.56 Å². The van der Waals surface area contributed by atoms with Crippen LogP contribution >= 0.6 is 11.8 Å². The molecule has 1 atom stereocenters. The van der Waals surface area contributed by atoms with E-state index in [-0.39, 0.29) is 31.4 Å². The van der Waals surface area contributed by atoms with Gasteiger partial charge in [0, 0.05) is 46.1 Å². The summed E-state index contributed by atoms with van der Waals surface area (Å²) < 4.78 is 237. The largest absolute Gasteiger partial charge is 0.416 e. The van der Waals surface area contributed by atoms with Crippen LogP contribution in [-0.2, 0) is 42.5 Å². The fourth-order valence-corrected chi connectivity index (χ4v) is 4.99. The van der Waals surface area contributed by atoms with Crippen LogP contribution < -0.4 is 5.56 Å². The van der Waals surface area contributed by atoms with Crippen LogP contribution in [0.2, 0.25) is 0 Å². The molecule has 1 aliphatic carbocycles. The zero-order valence-corrected chi connectivity index (χ0v) is 26.4. The number of rotatable bonds is 13. The molecule has 1 aromatic heterocycles. The fourth-order valence-electron chi connectivity index (χ4n) is 4.30. The van der Waals surface area contributed by atoms with Gasteiger partial charge in [-0.1, -0.05) is 80.9 Å². The van der Waals surface area contributed by atoms with Crippen molar-refractivity contribution in [3.8, 4) is 11.1 Å². The molecule has 5 rings (SSSR count). The van der Waals surface area contributed by atoms with Crippen LogP contribution in [-0.4, -0.2) is 51.4 Å². The minimum atomic E-state index is -5.40. The highest BCUT2D eigenvalue weighted by atomic mass is 32.2. The molecule has 254 valence electrons. The molecule has 0 saturated carbocycles. The molecule has 1 aliphatic rings. The number of halogens is 4. The summed E-state index contributed by atoms with van der Waals surface area (Å²) in [6.45, 7) is -1.27. The first-order chi connectivity index (χ1) is 31.3. The minimum absolute atomic E-state index is 0.222. The molecule has 0 fully saturated rings. The van der Waals surface area contributed by atoms with E-state index in [0.717, 1.165) is 6.92 Å². The van der Waals surface area contributed by atoms with Crippen molar-refractivity contribution in [2.45, 2.75) is 63.6 Å².